The van der Waals surface area contributed by atoms with Crippen molar-refractivity contribution in [1.82, 2.24) is 15.5 Å². The summed E-state index contributed by atoms with van der Waals surface area (Å²) in [5.74, 6) is 0.633. The fourth-order valence-electron chi connectivity index (χ4n) is 2.52. The SMILES string of the molecule is CN=C(NCCCCOCCOC)NC1CCN(CC(F)(F)F)C1.I. The molecule has 1 rings (SSSR count). The van der Waals surface area contributed by atoms with Gasteiger partial charge in [-0.3, -0.25) is 9.89 Å². The fourth-order valence-corrected chi connectivity index (χ4v) is 2.52. The topological polar surface area (TPSA) is 58.1 Å². The lowest BCUT2D eigenvalue weighted by molar-refractivity contribution is -0.143. The number of rotatable bonds is 10. The summed E-state index contributed by atoms with van der Waals surface area (Å²) in [5.41, 5.74) is 0. The molecule has 1 fully saturated rings. The highest BCUT2D eigenvalue weighted by atomic mass is 127. The Kier molecular flexibility index (Phi) is 13.6. The smallest absolute Gasteiger partial charge is 0.382 e. The van der Waals surface area contributed by atoms with Crippen LogP contribution in [0.15, 0.2) is 4.99 Å². The standard InChI is InChI=1S/C15H29F3N4O2.HI/c1-19-14(20-6-3-4-8-24-10-9-23-2)21-13-5-7-22(11-13)12-15(16,17)18;/h13H,3-12H2,1-2H3,(H2,19,20,21);1H. The number of halogens is 4. The molecule has 0 aliphatic carbocycles. The molecule has 1 unspecified atom stereocenters. The molecule has 1 atom stereocenters. The lowest BCUT2D eigenvalue weighted by Crippen LogP contribution is -2.45. The van der Waals surface area contributed by atoms with Gasteiger partial charge in [0.25, 0.3) is 0 Å². The van der Waals surface area contributed by atoms with Crippen molar-refractivity contribution in [2.24, 2.45) is 4.99 Å². The molecule has 150 valence electrons. The van der Waals surface area contributed by atoms with E-state index in [1.807, 2.05) is 0 Å². The van der Waals surface area contributed by atoms with E-state index >= 15 is 0 Å². The van der Waals surface area contributed by atoms with Crippen molar-refractivity contribution < 1.29 is 22.6 Å². The molecule has 0 aromatic rings. The number of alkyl halides is 3. The molecule has 0 bridgehead atoms. The maximum Gasteiger partial charge on any atom is 0.401 e. The van der Waals surface area contributed by atoms with E-state index < -0.39 is 12.7 Å². The molecule has 0 aromatic heterocycles. The summed E-state index contributed by atoms with van der Waals surface area (Å²) in [7, 11) is 3.30. The first kappa shape index (κ1) is 24.7. The van der Waals surface area contributed by atoms with Crippen LogP contribution in [0.25, 0.3) is 0 Å². The van der Waals surface area contributed by atoms with E-state index in [0.717, 1.165) is 19.4 Å². The van der Waals surface area contributed by atoms with Crippen molar-refractivity contribution in [2.75, 3.05) is 60.2 Å². The van der Waals surface area contributed by atoms with Crippen molar-refractivity contribution >= 4 is 29.9 Å². The second-order valence-electron chi connectivity index (χ2n) is 5.79. The second kappa shape index (κ2) is 13.8. The number of guanidine groups is 1. The number of likely N-dealkylation sites (tertiary alicyclic amines) is 1. The molecule has 10 heteroatoms. The van der Waals surface area contributed by atoms with Crippen molar-refractivity contribution in [1.29, 1.82) is 0 Å². The summed E-state index contributed by atoms with van der Waals surface area (Å²) >= 11 is 0. The van der Waals surface area contributed by atoms with Gasteiger partial charge >= 0.3 is 6.18 Å². The van der Waals surface area contributed by atoms with Gasteiger partial charge in [0.05, 0.1) is 19.8 Å². The summed E-state index contributed by atoms with van der Waals surface area (Å²) < 4.78 is 47.4. The van der Waals surface area contributed by atoms with Crippen LogP contribution >= 0.6 is 24.0 Å². The molecule has 0 spiro atoms. The predicted molar refractivity (Wildman–Crippen MR) is 103 cm³/mol. The third-order valence-electron chi connectivity index (χ3n) is 3.68. The zero-order valence-corrected chi connectivity index (χ0v) is 17.2. The Bertz CT molecular complexity index is 373. The van der Waals surface area contributed by atoms with Crippen LogP contribution in [-0.2, 0) is 9.47 Å². The van der Waals surface area contributed by atoms with E-state index in [4.69, 9.17) is 9.47 Å². The van der Waals surface area contributed by atoms with Crippen molar-refractivity contribution in [3.05, 3.63) is 0 Å². The first-order chi connectivity index (χ1) is 11.4. The number of unbranched alkanes of at least 4 members (excludes halogenated alkanes) is 1. The first-order valence-electron chi connectivity index (χ1n) is 8.27. The van der Waals surface area contributed by atoms with Gasteiger partial charge in [-0.05, 0) is 19.3 Å². The minimum atomic E-state index is -4.14. The molecule has 1 saturated heterocycles. The van der Waals surface area contributed by atoms with Gasteiger partial charge in [-0.2, -0.15) is 13.2 Å². The van der Waals surface area contributed by atoms with Crippen molar-refractivity contribution in [3.8, 4) is 0 Å². The number of nitrogens with zero attached hydrogens (tertiary/aromatic N) is 2. The molecule has 1 aliphatic rings. The van der Waals surface area contributed by atoms with E-state index in [2.05, 4.69) is 15.6 Å². The summed E-state index contributed by atoms with van der Waals surface area (Å²) in [6, 6.07) is -0.00377. The Morgan fingerprint density at radius 1 is 1.24 bits per heavy atom. The maximum absolute atomic E-state index is 12.4. The van der Waals surface area contributed by atoms with Gasteiger partial charge in [-0.1, -0.05) is 0 Å². The van der Waals surface area contributed by atoms with Crippen LogP contribution in [0, 0.1) is 0 Å². The molecule has 1 aliphatic heterocycles. The lowest BCUT2D eigenvalue weighted by Gasteiger charge is -2.19. The van der Waals surface area contributed by atoms with E-state index in [1.165, 1.54) is 4.90 Å². The first-order valence-corrected chi connectivity index (χ1v) is 8.27. The summed E-state index contributed by atoms with van der Waals surface area (Å²) in [6.45, 7) is 2.62. The second-order valence-corrected chi connectivity index (χ2v) is 5.79. The molecule has 0 saturated carbocycles. The van der Waals surface area contributed by atoms with Crippen LogP contribution in [0.5, 0.6) is 0 Å². The molecular weight excluding hydrogens is 452 g/mol. The number of methoxy groups -OCH3 is 1. The zero-order valence-electron chi connectivity index (χ0n) is 14.9. The molecular formula is C15H30F3IN4O2. The average molecular weight is 482 g/mol. The molecule has 1 heterocycles. The summed E-state index contributed by atoms with van der Waals surface area (Å²) in [6.07, 6.45) is -1.60. The van der Waals surface area contributed by atoms with Crippen LogP contribution in [0.4, 0.5) is 13.2 Å². The van der Waals surface area contributed by atoms with Gasteiger partial charge in [-0.15, -0.1) is 24.0 Å². The van der Waals surface area contributed by atoms with Crippen molar-refractivity contribution in [3.63, 3.8) is 0 Å². The maximum atomic E-state index is 12.4. The average Bonchev–Trinajstić information content (AvgIpc) is 2.93. The summed E-state index contributed by atoms with van der Waals surface area (Å²) in [5, 5.41) is 6.36. The summed E-state index contributed by atoms with van der Waals surface area (Å²) in [4.78, 5) is 5.53. The Hall–Kier alpha value is -0.330. The third kappa shape index (κ3) is 12.6. The largest absolute Gasteiger partial charge is 0.401 e. The molecule has 0 radical (unpaired) electrons. The van der Waals surface area contributed by atoms with Gasteiger partial charge in [-0.25, -0.2) is 0 Å². The van der Waals surface area contributed by atoms with E-state index in [0.29, 0.717) is 45.3 Å². The number of nitrogens with one attached hydrogen (secondary N) is 2. The fraction of sp³-hybridized carbons (Fsp3) is 0.933. The predicted octanol–water partition coefficient (Wildman–Crippen LogP) is 1.85. The molecule has 25 heavy (non-hydrogen) atoms. The van der Waals surface area contributed by atoms with Crippen LogP contribution in [0.1, 0.15) is 19.3 Å². The number of hydrogen-bond donors (Lipinski definition) is 2. The number of ether oxygens (including phenoxy) is 2. The van der Waals surface area contributed by atoms with Gasteiger partial charge in [0.15, 0.2) is 5.96 Å². The number of hydrogen-bond acceptors (Lipinski definition) is 4. The minimum Gasteiger partial charge on any atom is -0.382 e. The van der Waals surface area contributed by atoms with E-state index in [1.54, 1.807) is 14.2 Å². The number of aliphatic imine (C=N–C) groups is 1. The highest BCUT2D eigenvalue weighted by Crippen LogP contribution is 2.19. The highest BCUT2D eigenvalue weighted by molar-refractivity contribution is 14.0. The van der Waals surface area contributed by atoms with Crippen molar-refractivity contribution in [2.45, 2.75) is 31.5 Å². The lowest BCUT2D eigenvalue weighted by atomic mass is 10.3. The third-order valence-corrected chi connectivity index (χ3v) is 3.68. The Labute approximate surface area is 164 Å². The Morgan fingerprint density at radius 2 is 2.00 bits per heavy atom. The molecule has 0 aromatic carbocycles. The minimum absolute atomic E-state index is 0. The van der Waals surface area contributed by atoms with Crippen LogP contribution in [-0.4, -0.2) is 83.2 Å². The highest BCUT2D eigenvalue weighted by Gasteiger charge is 2.34. The molecule has 6 nitrogen and oxygen atoms in total. The molecule has 0 amide bonds. The zero-order chi connectivity index (χ0) is 17.8. The van der Waals surface area contributed by atoms with Gasteiger partial charge in [0.2, 0.25) is 0 Å². The Balaban J connectivity index is 0.00000576. The van der Waals surface area contributed by atoms with Crippen LogP contribution in [0.2, 0.25) is 0 Å². The van der Waals surface area contributed by atoms with E-state index in [-0.39, 0.29) is 30.0 Å². The van der Waals surface area contributed by atoms with Gasteiger partial charge < -0.3 is 20.1 Å². The van der Waals surface area contributed by atoms with Gasteiger partial charge in [0.1, 0.15) is 0 Å². The van der Waals surface area contributed by atoms with E-state index in [9.17, 15) is 13.2 Å². The van der Waals surface area contributed by atoms with Gasteiger partial charge in [0, 0.05) is 46.4 Å². The normalized spacial score (nSPS) is 18.9. The quantitative estimate of drug-likeness (QED) is 0.216. The van der Waals surface area contributed by atoms with Crippen LogP contribution < -0.4 is 10.6 Å². The Morgan fingerprint density at radius 3 is 2.64 bits per heavy atom. The molecule has 2 N–H and O–H groups in total. The van der Waals surface area contributed by atoms with Crippen LogP contribution in [0.3, 0.4) is 0 Å². The monoisotopic (exact) mass is 482 g/mol.